The first-order valence-corrected chi connectivity index (χ1v) is 6.42. The summed E-state index contributed by atoms with van der Waals surface area (Å²) in [6.45, 7) is 0. The van der Waals surface area contributed by atoms with Gasteiger partial charge in [-0.1, -0.05) is 12.1 Å². The zero-order valence-corrected chi connectivity index (χ0v) is 11.7. The van der Waals surface area contributed by atoms with Gasteiger partial charge >= 0.3 is 5.97 Å². The Morgan fingerprint density at radius 3 is 2.71 bits per heavy atom. The molecule has 0 aliphatic rings. The van der Waals surface area contributed by atoms with Crippen molar-refractivity contribution in [2.45, 2.75) is 0 Å². The summed E-state index contributed by atoms with van der Waals surface area (Å²) in [4.78, 5) is 13.1. The first kappa shape index (κ1) is 13.1. The summed E-state index contributed by atoms with van der Waals surface area (Å²) in [5, 5.41) is 17.3. The molecule has 21 heavy (non-hydrogen) atoms. The second-order valence-electron chi connectivity index (χ2n) is 4.92. The SMILES string of the molecule is CN(C)c1cccc(-c2nnc3ccc(C(=O)O)cn23)c1. The molecular formula is C15H14N4O2. The van der Waals surface area contributed by atoms with Gasteiger partial charge in [0.25, 0.3) is 0 Å². The molecule has 0 aliphatic heterocycles. The first-order valence-electron chi connectivity index (χ1n) is 6.42. The highest BCUT2D eigenvalue weighted by molar-refractivity contribution is 5.87. The maximum absolute atomic E-state index is 11.1. The summed E-state index contributed by atoms with van der Waals surface area (Å²) in [6.07, 6.45) is 1.54. The molecule has 0 spiro atoms. The third-order valence-corrected chi connectivity index (χ3v) is 3.27. The number of carboxylic acids is 1. The van der Waals surface area contributed by atoms with Gasteiger partial charge < -0.3 is 10.0 Å². The van der Waals surface area contributed by atoms with E-state index in [0.29, 0.717) is 11.5 Å². The van der Waals surface area contributed by atoms with Crippen LogP contribution in [0.25, 0.3) is 17.0 Å². The number of hydrogen-bond donors (Lipinski definition) is 1. The molecule has 1 N–H and O–H groups in total. The molecule has 3 rings (SSSR count). The highest BCUT2D eigenvalue weighted by Crippen LogP contribution is 2.23. The van der Waals surface area contributed by atoms with E-state index in [1.807, 2.05) is 43.3 Å². The van der Waals surface area contributed by atoms with Gasteiger partial charge in [0, 0.05) is 31.5 Å². The molecule has 6 heteroatoms. The summed E-state index contributed by atoms with van der Waals surface area (Å²) in [5.41, 5.74) is 2.74. The van der Waals surface area contributed by atoms with Crippen molar-refractivity contribution >= 4 is 17.3 Å². The maximum atomic E-state index is 11.1. The summed E-state index contributed by atoms with van der Waals surface area (Å²) >= 11 is 0. The quantitative estimate of drug-likeness (QED) is 0.797. The van der Waals surface area contributed by atoms with Crippen molar-refractivity contribution in [1.82, 2.24) is 14.6 Å². The van der Waals surface area contributed by atoms with Crippen molar-refractivity contribution in [2.75, 3.05) is 19.0 Å². The van der Waals surface area contributed by atoms with Gasteiger partial charge in [-0.2, -0.15) is 0 Å². The van der Waals surface area contributed by atoms with Crippen molar-refractivity contribution in [3.05, 3.63) is 48.2 Å². The summed E-state index contributed by atoms with van der Waals surface area (Å²) in [7, 11) is 3.92. The number of anilines is 1. The van der Waals surface area contributed by atoms with Crippen LogP contribution in [0.5, 0.6) is 0 Å². The number of aromatic nitrogens is 3. The topological polar surface area (TPSA) is 70.7 Å². The lowest BCUT2D eigenvalue weighted by Crippen LogP contribution is -2.08. The van der Waals surface area contributed by atoms with Gasteiger partial charge in [0.05, 0.1) is 5.56 Å². The van der Waals surface area contributed by atoms with Crippen LogP contribution in [0.15, 0.2) is 42.6 Å². The number of pyridine rings is 1. The van der Waals surface area contributed by atoms with Crippen LogP contribution in [0.3, 0.4) is 0 Å². The van der Waals surface area contributed by atoms with Crippen LogP contribution < -0.4 is 4.90 Å². The van der Waals surface area contributed by atoms with Gasteiger partial charge in [0.2, 0.25) is 0 Å². The third-order valence-electron chi connectivity index (χ3n) is 3.27. The molecule has 6 nitrogen and oxygen atoms in total. The molecule has 0 fully saturated rings. The molecule has 1 aromatic carbocycles. The van der Waals surface area contributed by atoms with E-state index in [4.69, 9.17) is 5.11 Å². The molecule has 0 unspecified atom stereocenters. The lowest BCUT2D eigenvalue weighted by molar-refractivity contribution is 0.0696. The fourth-order valence-corrected chi connectivity index (χ4v) is 2.14. The van der Waals surface area contributed by atoms with Gasteiger partial charge in [0.15, 0.2) is 11.5 Å². The van der Waals surface area contributed by atoms with Gasteiger partial charge in [-0.05, 0) is 24.3 Å². The number of rotatable bonds is 3. The molecule has 0 amide bonds. The molecule has 0 aliphatic carbocycles. The van der Waals surface area contributed by atoms with E-state index in [-0.39, 0.29) is 5.56 Å². The van der Waals surface area contributed by atoms with Crippen LogP contribution in [-0.2, 0) is 0 Å². The fraction of sp³-hybridized carbons (Fsp3) is 0.133. The van der Waals surface area contributed by atoms with Gasteiger partial charge in [-0.25, -0.2) is 4.79 Å². The zero-order valence-electron chi connectivity index (χ0n) is 11.7. The average molecular weight is 282 g/mol. The molecule has 106 valence electrons. The highest BCUT2D eigenvalue weighted by atomic mass is 16.4. The molecular weight excluding hydrogens is 268 g/mol. The molecule has 0 saturated carbocycles. The highest BCUT2D eigenvalue weighted by Gasteiger charge is 2.11. The van der Waals surface area contributed by atoms with E-state index in [1.165, 1.54) is 12.3 Å². The minimum atomic E-state index is -0.974. The summed E-state index contributed by atoms with van der Waals surface area (Å²) in [5.74, 6) is -0.351. The molecule has 3 aromatic rings. The smallest absolute Gasteiger partial charge is 0.337 e. The van der Waals surface area contributed by atoms with Crippen molar-refractivity contribution < 1.29 is 9.90 Å². The van der Waals surface area contributed by atoms with E-state index in [1.54, 1.807) is 10.5 Å². The van der Waals surface area contributed by atoms with E-state index in [9.17, 15) is 4.79 Å². The van der Waals surface area contributed by atoms with E-state index < -0.39 is 5.97 Å². The Labute approximate surface area is 121 Å². The number of aromatic carboxylic acids is 1. The normalized spacial score (nSPS) is 10.8. The minimum Gasteiger partial charge on any atom is -0.478 e. The number of nitrogens with zero attached hydrogens (tertiary/aromatic N) is 4. The van der Waals surface area contributed by atoms with Gasteiger partial charge in [-0.15, -0.1) is 10.2 Å². The van der Waals surface area contributed by atoms with Gasteiger partial charge in [-0.3, -0.25) is 4.40 Å². The lowest BCUT2D eigenvalue weighted by atomic mass is 10.2. The predicted octanol–water partition coefficient (Wildman–Crippen LogP) is 2.16. The number of benzene rings is 1. The predicted molar refractivity (Wildman–Crippen MR) is 79.7 cm³/mol. The van der Waals surface area contributed by atoms with Gasteiger partial charge in [0.1, 0.15) is 0 Å². The van der Waals surface area contributed by atoms with Crippen molar-refractivity contribution in [1.29, 1.82) is 0 Å². The third kappa shape index (κ3) is 2.31. The van der Waals surface area contributed by atoms with Crippen LogP contribution >= 0.6 is 0 Å². The Hall–Kier alpha value is -2.89. The minimum absolute atomic E-state index is 0.201. The van der Waals surface area contributed by atoms with Crippen molar-refractivity contribution in [3.63, 3.8) is 0 Å². The van der Waals surface area contributed by atoms with E-state index >= 15 is 0 Å². The Bertz CT molecular complexity index is 823. The number of fused-ring (bicyclic) bond motifs is 1. The standard InChI is InChI=1S/C15H14N4O2/c1-18(2)12-5-3-4-10(8-12)14-17-16-13-7-6-11(15(20)21)9-19(13)14/h3-9H,1-2H3,(H,20,21). The van der Waals surface area contributed by atoms with Crippen LogP contribution in [-0.4, -0.2) is 39.8 Å². The Balaban J connectivity index is 2.18. The number of carboxylic acid groups (broad SMARTS) is 1. The first-order chi connectivity index (χ1) is 10.1. The number of hydrogen-bond acceptors (Lipinski definition) is 4. The summed E-state index contributed by atoms with van der Waals surface area (Å²) < 4.78 is 1.69. The monoisotopic (exact) mass is 282 g/mol. The fourth-order valence-electron chi connectivity index (χ4n) is 2.14. The Morgan fingerprint density at radius 2 is 2.00 bits per heavy atom. The van der Waals surface area contributed by atoms with Crippen LogP contribution in [0, 0.1) is 0 Å². The van der Waals surface area contributed by atoms with Crippen molar-refractivity contribution in [2.24, 2.45) is 0 Å². The van der Waals surface area contributed by atoms with Crippen LogP contribution in [0.4, 0.5) is 5.69 Å². The number of carbonyl (C=O) groups is 1. The molecule has 0 radical (unpaired) electrons. The van der Waals surface area contributed by atoms with E-state index in [0.717, 1.165) is 11.3 Å². The molecule has 0 atom stereocenters. The Morgan fingerprint density at radius 1 is 1.19 bits per heavy atom. The van der Waals surface area contributed by atoms with Crippen LogP contribution in [0.1, 0.15) is 10.4 Å². The molecule has 2 aromatic heterocycles. The molecule has 0 bridgehead atoms. The second-order valence-corrected chi connectivity index (χ2v) is 4.92. The van der Waals surface area contributed by atoms with Crippen molar-refractivity contribution in [3.8, 4) is 11.4 Å². The second kappa shape index (κ2) is 4.90. The zero-order chi connectivity index (χ0) is 15.0. The largest absolute Gasteiger partial charge is 0.478 e. The summed E-state index contributed by atoms with van der Waals surface area (Å²) in [6, 6.07) is 11.0. The lowest BCUT2D eigenvalue weighted by Gasteiger charge is -2.13. The van der Waals surface area contributed by atoms with E-state index in [2.05, 4.69) is 10.2 Å². The average Bonchev–Trinajstić information content (AvgIpc) is 2.90. The molecule has 0 saturated heterocycles. The maximum Gasteiger partial charge on any atom is 0.337 e. The molecule has 2 heterocycles. The van der Waals surface area contributed by atoms with Crippen LogP contribution in [0.2, 0.25) is 0 Å². The Kier molecular flexibility index (Phi) is 3.06.